The highest BCUT2D eigenvalue weighted by Crippen LogP contribution is 2.57. The molecule has 8 aromatic carbocycles. The van der Waals surface area contributed by atoms with E-state index in [9.17, 15) is 0 Å². The van der Waals surface area contributed by atoms with Gasteiger partial charge in [-0.15, -0.1) is 11.3 Å². The first-order chi connectivity index (χ1) is 25.7. The van der Waals surface area contributed by atoms with Crippen LogP contribution < -0.4 is 4.90 Å². The minimum atomic E-state index is -0.472. The molecule has 1 heterocycles. The van der Waals surface area contributed by atoms with E-state index in [1.807, 2.05) is 11.3 Å². The Bertz CT molecular complexity index is 2690. The molecule has 0 aliphatic heterocycles. The largest absolute Gasteiger partial charge is 0.310 e. The van der Waals surface area contributed by atoms with Crippen LogP contribution in [0.3, 0.4) is 0 Å². The second-order valence-corrected chi connectivity index (χ2v) is 14.9. The molecule has 9 aromatic rings. The van der Waals surface area contributed by atoms with Crippen molar-refractivity contribution >= 4 is 48.6 Å². The van der Waals surface area contributed by atoms with E-state index in [1.54, 1.807) is 0 Å². The van der Waals surface area contributed by atoms with Crippen LogP contribution in [0.5, 0.6) is 0 Å². The molecule has 246 valence electrons. The predicted molar refractivity (Wildman–Crippen MR) is 221 cm³/mol. The third-order valence-corrected chi connectivity index (χ3v) is 11.9. The fourth-order valence-electron chi connectivity index (χ4n) is 8.47. The normalized spacial score (nSPS) is 12.9. The van der Waals surface area contributed by atoms with Gasteiger partial charge in [0.15, 0.2) is 0 Å². The lowest BCUT2D eigenvalue weighted by molar-refractivity contribution is 0.768. The number of nitrogens with zero attached hydrogens (tertiary/aromatic N) is 1. The first kappa shape index (κ1) is 30.6. The summed E-state index contributed by atoms with van der Waals surface area (Å²) in [4.78, 5) is 2.44. The molecule has 0 saturated heterocycles. The summed E-state index contributed by atoms with van der Waals surface area (Å²) in [5.41, 5.74) is 14.4. The van der Waals surface area contributed by atoms with Crippen LogP contribution in [0.25, 0.3) is 42.4 Å². The Hall–Kier alpha value is -6.22. The van der Waals surface area contributed by atoms with E-state index < -0.39 is 5.41 Å². The van der Waals surface area contributed by atoms with Crippen molar-refractivity contribution in [1.29, 1.82) is 0 Å². The van der Waals surface area contributed by atoms with Gasteiger partial charge in [-0.3, -0.25) is 0 Å². The highest BCUT2D eigenvalue weighted by molar-refractivity contribution is 7.25. The third kappa shape index (κ3) is 4.76. The molecule has 1 aliphatic rings. The summed E-state index contributed by atoms with van der Waals surface area (Å²) >= 11 is 1.87. The van der Waals surface area contributed by atoms with Gasteiger partial charge >= 0.3 is 0 Å². The number of rotatable bonds is 6. The Balaban J connectivity index is 1.22. The number of benzene rings is 8. The van der Waals surface area contributed by atoms with E-state index in [1.165, 1.54) is 70.2 Å². The van der Waals surface area contributed by atoms with E-state index in [0.717, 1.165) is 17.1 Å². The maximum atomic E-state index is 2.46. The Kier molecular flexibility index (Phi) is 7.19. The molecule has 1 nitrogen and oxygen atoms in total. The van der Waals surface area contributed by atoms with Crippen LogP contribution in [-0.2, 0) is 5.41 Å². The summed E-state index contributed by atoms with van der Waals surface area (Å²) in [5.74, 6) is 0. The van der Waals surface area contributed by atoms with Gasteiger partial charge in [0.2, 0.25) is 0 Å². The molecule has 0 unspecified atom stereocenters. The summed E-state index contributed by atoms with van der Waals surface area (Å²) in [6.07, 6.45) is 0. The van der Waals surface area contributed by atoms with Crippen LogP contribution in [0, 0.1) is 6.92 Å². The van der Waals surface area contributed by atoms with Crippen LogP contribution in [0.1, 0.15) is 27.8 Å². The highest BCUT2D eigenvalue weighted by atomic mass is 32.1. The van der Waals surface area contributed by atoms with Crippen molar-refractivity contribution in [2.24, 2.45) is 0 Å². The molecule has 0 N–H and O–H groups in total. The molecule has 10 rings (SSSR count). The van der Waals surface area contributed by atoms with Crippen molar-refractivity contribution in [3.8, 4) is 22.3 Å². The third-order valence-electron chi connectivity index (χ3n) is 10.8. The first-order valence-corrected chi connectivity index (χ1v) is 18.7. The standard InChI is InChI=1S/C50H35NS/c1-34-21-30-48-45(31-34)44-29-27-41(33-49(44)52-48)51(39-24-22-36(23-25-39)35-13-5-2-6-14-35)40-26-28-43-42-19-11-12-20-46(42)50(47(43)32-40,37-15-7-3-8-16-37)38-17-9-4-10-18-38/h2-33H,1H3. The van der Waals surface area contributed by atoms with Gasteiger partial charge in [0.1, 0.15) is 0 Å². The Labute approximate surface area is 308 Å². The molecule has 0 fully saturated rings. The highest BCUT2D eigenvalue weighted by Gasteiger charge is 2.46. The second-order valence-electron chi connectivity index (χ2n) is 13.8. The average Bonchev–Trinajstić information content (AvgIpc) is 3.72. The lowest BCUT2D eigenvalue weighted by atomic mass is 9.67. The van der Waals surface area contributed by atoms with E-state index in [4.69, 9.17) is 0 Å². The molecule has 2 heteroatoms. The van der Waals surface area contributed by atoms with Crippen LogP contribution in [0.2, 0.25) is 0 Å². The lowest BCUT2D eigenvalue weighted by Crippen LogP contribution is -2.28. The van der Waals surface area contributed by atoms with Gasteiger partial charge in [0.25, 0.3) is 0 Å². The Morgan fingerprint density at radius 2 is 0.981 bits per heavy atom. The molecule has 0 saturated carbocycles. The average molecular weight is 682 g/mol. The molecular formula is C50H35NS. The van der Waals surface area contributed by atoms with Crippen molar-refractivity contribution in [2.75, 3.05) is 4.90 Å². The fraction of sp³-hybridized carbons (Fsp3) is 0.0400. The maximum Gasteiger partial charge on any atom is 0.0714 e. The lowest BCUT2D eigenvalue weighted by Gasteiger charge is -2.35. The number of hydrogen-bond donors (Lipinski definition) is 0. The number of aryl methyl sites for hydroxylation is 1. The van der Waals surface area contributed by atoms with Crippen LogP contribution in [-0.4, -0.2) is 0 Å². The summed E-state index contributed by atoms with van der Waals surface area (Å²) in [6.45, 7) is 2.18. The minimum absolute atomic E-state index is 0.472. The molecule has 0 bridgehead atoms. The zero-order valence-corrected chi connectivity index (χ0v) is 29.6. The molecule has 0 spiro atoms. The van der Waals surface area contributed by atoms with Crippen LogP contribution in [0.15, 0.2) is 194 Å². The number of thiophene rings is 1. The number of hydrogen-bond acceptors (Lipinski definition) is 2. The van der Waals surface area contributed by atoms with Crippen molar-refractivity contribution in [2.45, 2.75) is 12.3 Å². The van der Waals surface area contributed by atoms with Crippen molar-refractivity contribution in [3.05, 3.63) is 222 Å². The van der Waals surface area contributed by atoms with E-state index in [2.05, 4.69) is 206 Å². The molecule has 0 amide bonds. The summed E-state index contributed by atoms with van der Waals surface area (Å²) in [7, 11) is 0. The molecule has 1 aliphatic carbocycles. The summed E-state index contributed by atoms with van der Waals surface area (Å²) in [5, 5.41) is 2.64. The Morgan fingerprint density at radius 3 is 1.71 bits per heavy atom. The van der Waals surface area contributed by atoms with Gasteiger partial charge in [-0.1, -0.05) is 151 Å². The van der Waals surface area contributed by atoms with Gasteiger partial charge in [-0.05, 0) is 100.0 Å². The maximum absolute atomic E-state index is 2.46. The van der Waals surface area contributed by atoms with Gasteiger partial charge < -0.3 is 4.90 Å². The molecule has 1 aromatic heterocycles. The van der Waals surface area contributed by atoms with Gasteiger partial charge in [-0.2, -0.15) is 0 Å². The minimum Gasteiger partial charge on any atom is -0.310 e. The summed E-state index contributed by atoms with van der Waals surface area (Å²) < 4.78 is 2.61. The second kappa shape index (κ2) is 12.2. The molecule has 52 heavy (non-hydrogen) atoms. The van der Waals surface area contributed by atoms with E-state index in [0.29, 0.717) is 0 Å². The molecule has 0 radical (unpaired) electrons. The van der Waals surface area contributed by atoms with Gasteiger partial charge in [0.05, 0.1) is 5.41 Å². The van der Waals surface area contributed by atoms with Crippen LogP contribution in [0.4, 0.5) is 17.1 Å². The Morgan fingerprint density at radius 1 is 0.404 bits per heavy atom. The zero-order valence-electron chi connectivity index (χ0n) is 28.8. The van der Waals surface area contributed by atoms with E-state index in [-0.39, 0.29) is 0 Å². The van der Waals surface area contributed by atoms with Gasteiger partial charge in [-0.25, -0.2) is 0 Å². The van der Waals surface area contributed by atoms with Gasteiger partial charge in [0, 0.05) is 37.2 Å². The predicted octanol–water partition coefficient (Wildman–Crippen LogP) is 13.9. The van der Waals surface area contributed by atoms with Crippen LogP contribution >= 0.6 is 11.3 Å². The van der Waals surface area contributed by atoms with Crippen molar-refractivity contribution in [3.63, 3.8) is 0 Å². The quantitative estimate of drug-likeness (QED) is 0.169. The van der Waals surface area contributed by atoms with E-state index >= 15 is 0 Å². The number of fused-ring (bicyclic) bond motifs is 6. The molecule has 0 atom stereocenters. The smallest absolute Gasteiger partial charge is 0.0714 e. The fourth-order valence-corrected chi connectivity index (χ4v) is 9.59. The SMILES string of the molecule is Cc1ccc2sc3cc(N(c4ccc(-c5ccccc5)cc4)c4ccc5c(c4)C(c4ccccc4)(c4ccccc4)c4ccccc4-5)ccc3c2c1. The monoisotopic (exact) mass is 681 g/mol. The number of anilines is 3. The van der Waals surface area contributed by atoms with Crippen molar-refractivity contribution < 1.29 is 0 Å². The summed E-state index contributed by atoms with van der Waals surface area (Å²) in [6, 6.07) is 71.7. The first-order valence-electron chi connectivity index (χ1n) is 17.9. The van der Waals surface area contributed by atoms with Crippen molar-refractivity contribution in [1.82, 2.24) is 0 Å². The zero-order chi connectivity index (χ0) is 34.6. The molecular weight excluding hydrogens is 647 g/mol. The topological polar surface area (TPSA) is 3.24 Å².